The molecule has 1 unspecified atom stereocenters. The molecule has 0 aliphatic carbocycles. The molecule has 0 aromatic rings. The van der Waals surface area contributed by atoms with Crippen LogP contribution in [0.3, 0.4) is 0 Å². The maximum absolute atomic E-state index is 12.9. The lowest BCUT2D eigenvalue weighted by Gasteiger charge is -2.18. The highest BCUT2D eigenvalue weighted by molar-refractivity contribution is 5.55. The van der Waals surface area contributed by atoms with Crippen LogP contribution in [0.1, 0.15) is 13.8 Å². The number of likely N-dealkylation sites (N-methyl/N-ethyl adjacent to an activating group) is 1. The summed E-state index contributed by atoms with van der Waals surface area (Å²) in [7, 11) is 3.53. The fourth-order valence-electron chi connectivity index (χ4n) is 0.941. The van der Waals surface area contributed by atoms with Gasteiger partial charge in [-0.3, -0.25) is 4.99 Å². The van der Waals surface area contributed by atoms with Crippen LogP contribution < -0.4 is 0 Å². The Morgan fingerprint density at radius 1 is 1.31 bits per heavy atom. The van der Waals surface area contributed by atoms with E-state index in [9.17, 15) is 8.78 Å². The number of nitrogens with zero attached hydrogens (tertiary/aromatic N) is 2. The first-order chi connectivity index (χ1) is 7.52. The van der Waals surface area contributed by atoms with E-state index in [0.717, 1.165) is 12.2 Å². The molecule has 0 saturated heterocycles. The molecule has 0 saturated carbocycles. The van der Waals surface area contributed by atoms with E-state index in [-0.39, 0.29) is 6.04 Å². The van der Waals surface area contributed by atoms with Crippen molar-refractivity contribution in [3.05, 3.63) is 36.0 Å². The van der Waals surface area contributed by atoms with Crippen molar-refractivity contribution >= 4 is 6.34 Å². The SMILES string of the molecule is C\C=C(F)/C(F)=C\C=C\C(C)N(C)C=NC. The normalized spacial score (nSPS) is 16.1. The average molecular weight is 228 g/mol. The summed E-state index contributed by atoms with van der Waals surface area (Å²) in [4.78, 5) is 5.71. The topological polar surface area (TPSA) is 15.6 Å². The molecule has 90 valence electrons. The van der Waals surface area contributed by atoms with Gasteiger partial charge in [0, 0.05) is 20.1 Å². The highest BCUT2D eigenvalue weighted by Crippen LogP contribution is 2.12. The van der Waals surface area contributed by atoms with Crippen LogP contribution in [-0.4, -0.2) is 31.4 Å². The average Bonchev–Trinajstić information content (AvgIpc) is 2.27. The number of halogens is 2. The zero-order chi connectivity index (χ0) is 12.6. The van der Waals surface area contributed by atoms with E-state index in [0.29, 0.717) is 0 Å². The second-order valence-corrected chi connectivity index (χ2v) is 3.32. The largest absolute Gasteiger partial charge is 0.360 e. The Kier molecular flexibility index (Phi) is 7.09. The molecular formula is C12H18F2N2. The van der Waals surface area contributed by atoms with Crippen LogP contribution in [0.2, 0.25) is 0 Å². The lowest BCUT2D eigenvalue weighted by Crippen LogP contribution is -2.25. The third kappa shape index (κ3) is 5.44. The van der Waals surface area contributed by atoms with Gasteiger partial charge in [-0.15, -0.1) is 0 Å². The van der Waals surface area contributed by atoms with E-state index in [4.69, 9.17) is 0 Å². The number of rotatable bonds is 5. The van der Waals surface area contributed by atoms with Crippen molar-refractivity contribution in [2.24, 2.45) is 4.99 Å². The van der Waals surface area contributed by atoms with E-state index in [1.54, 1.807) is 19.5 Å². The van der Waals surface area contributed by atoms with Gasteiger partial charge in [0.2, 0.25) is 0 Å². The Bertz CT molecular complexity index is 317. The zero-order valence-electron chi connectivity index (χ0n) is 10.1. The molecule has 0 spiro atoms. The highest BCUT2D eigenvalue weighted by Gasteiger charge is 2.01. The fraction of sp³-hybridized carbons (Fsp3) is 0.417. The summed E-state index contributed by atoms with van der Waals surface area (Å²) < 4.78 is 25.6. The summed E-state index contributed by atoms with van der Waals surface area (Å²) in [6, 6.07) is 0.0708. The maximum atomic E-state index is 12.9. The summed E-state index contributed by atoms with van der Waals surface area (Å²) in [5.41, 5.74) is 0. The Labute approximate surface area is 95.7 Å². The van der Waals surface area contributed by atoms with Crippen molar-refractivity contribution < 1.29 is 8.78 Å². The molecule has 0 N–H and O–H groups in total. The molecule has 0 amide bonds. The quantitative estimate of drug-likeness (QED) is 0.400. The Balaban J connectivity index is 4.40. The van der Waals surface area contributed by atoms with Gasteiger partial charge in [-0.25, -0.2) is 8.78 Å². The summed E-state index contributed by atoms with van der Waals surface area (Å²) in [6.07, 6.45) is 7.09. The van der Waals surface area contributed by atoms with Gasteiger partial charge in [-0.1, -0.05) is 12.2 Å². The molecule has 0 radical (unpaired) electrons. The van der Waals surface area contributed by atoms with Crippen molar-refractivity contribution in [2.75, 3.05) is 14.1 Å². The van der Waals surface area contributed by atoms with E-state index in [1.807, 2.05) is 18.9 Å². The summed E-state index contributed by atoms with van der Waals surface area (Å²) >= 11 is 0. The molecule has 0 aromatic carbocycles. The fourth-order valence-corrected chi connectivity index (χ4v) is 0.941. The second kappa shape index (κ2) is 7.79. The first-order valence-corrected chi connectivity index (χ1v) is 5.03. The van der Waals surface area contributed by atoms with Crippen LogP contribution in [-0.2, 0) is 0 Å². The number of hydrogen-bond acceptors (Lipinski definition) is 1. The van der Waals surface area contributed by atoms with Gasteiger partial charge in [-0.05, 0) is 26.0 Å². The monoisotopic (exact) mass is 228 g/mol. The minimum absolute atomic E-state index is 0.0708. The van der Waals surface area contributed by atoms with E-state index in [2.05, 4.69) is 4.99 Å². The lowest BCUT2D eigenvalue weighted by molar-refractivity contribution is 0.465. The molecule has 16 heavy (non-hydrogen) atoms. The molecule has 4 heteroatoms. The van der Waals surface area contributed by atoms with Crippen LogP contribution in [0.4, 0.5) is 8.78 Å². The van der Waals surface area contributed by atoms with E-state index in [1.165, 1.54) is 13.0 Å². The zero-order valence-corrected chi connectivity index (χ0v) is 10.1. The van der Waals surface area contributed by atoms with Crippen molar-refractivity contribution in [2.45, 2.75) is 19.9 Å². The van der Waals surface area contributed by atoms with Crippen molar-refractivity contribution in [3.8, 4) is 0 Å². The van der Waals surface area contributed by atoms with Gasteiger partial charge in [0.1, 0.15) is 0 Å². The molecule has 0 heterocycles. The predicted octanol–water partition coefficient (Wildman–Crippen LogP) is 3.25. The Hall–Kier alpha value is -1.45. The second-order valence-electron chi connectivity index (χ2n) is 3.32. The number of allylic oxidation sites excluding steroid dienone is 5. The molecule has 1 atom stereocenters. The van der Waals surface area contributed by atoms with Crippen LogP contribution in [0.25, 0.3) is 0 Å². The highest BCUT2D eigenvalue weighted by atomic mass is 19.2. The third-order valence-corrected chi connectivity index (χ3v) is 2.05. The molecule has 0 aliphatic rings. The predicted molar refractivity (Wildman–Crippen MR) is 64.8 cm³/mol. The smallest absolute Gasteiger partial charge is 0.158 e. The van der Waals surface area contributed by atoms with Gasteiger partial charge < -0.3 is 4.90 Å². The minimum Gasteiger partial charge on any atom is -0.360 e. The van der Waals surface area contributed by atoms with E-state index < -0.39 is 11.7 Å². The van der Waals surface area contributed by atoms with Crippen LogP contribution in [0, 0.1) is 0 Å². The van der Waals surface area contributed by atoms with Gasteiger partial charge >= 0.3 is 0 Å². The summed E-state index contributed by atoms with van der Waals surface area (Å²) in [5.74, 6) is -1.71. The van der Waals surface area contributed by atoms with E-state index >= 15 is 0 Å². The van der Waals surface area contributed by atoms with Crippen LogP contribution in [0.5, 0.6) is 0 Å². The van der Waals surface area contributed by atoms with Crippen molar-refractivity contribution in [3.63, 3.8) is 0 Å². The van der Waals surface area contributed by atoms with Gasteiger partial charge in [-0.2, -0.15) is 0 Å². The number of aliphatic imine (C=N–C) groups is 1. The molecule has 0 bridgehead atoms. The van der Waals surface area contributed by atoms with Gasteiger partial charge in [0.05, 0.1) is 6.34 Å². The maximum Gasteiger partial charge on any atom is 0.158 e. The van der Waals surface area contributed by atoms with Gasteiger partial charge in [0.25, 0.3) is 0 Å². The van der Waals surface area contributed by atoms with Crippen molar-refractivity contribution in [1.82, 2.24) is 4.90 Å². The first-order valence-electron chi connectivity index (χ1n) is 5.03. The first kappa shape index (κ1) is 14.6. The molecule has 0 rings (SSSR count). The Morgan fingerprint density at radius 3 is 2.44 bits per heavy atom. The standard InChI is InChI=1S/C12H18F2N2/c1-5-11(13)12(14)8-6-7-10(2)16(4)9-15-3/h5-10H,1-4H3/b7-6+,11-5+,12-8+,15-9?. The Morgan fingerprint density at radius 2 is 1.94 bits per heavy atom. The third-order valence-electron chi connectivity index (χ3n) is 2.05. The molecule has 0 aliphatic heterocycles. The summed E-state index contributed by atoms with van der Waals surface area (Å²) in [5, 5.41) is 0. The molecule has 0 fully saturated rings. The molecular weight excluding hydrogens is 210 g/mol. The number of hydrogen-bond donors (Lipinski definition) is 0. The van der Waals surface area contributed by atoms with Crippen LogP contribution in [0.15, 0.2) is 41.0 Å². The lowest BCUT2D eigenvalue weighted by atomic mass is 10.2. The molecule has 2 nitrogen and oxygen atoms in total. The molecule has 0 aromatic heterocycles. The van der Waals surface area contributed by atoms with Crippen LogP contribution >= 0.6 is 0 Å². The van der Waals surface area contributed by atoms with Gasteiger partial charge in [0.15, 0.2) is 11.7 Å². The summed E-state index contributed by atoms with van der Waals surface area (Å²) in [6.45, 7) is 3.37. The van der Waals surface area contributed by atoms with Crippen molar-refractivity contribution in [1.29, 1.82) is 0 Å². The minimum atomic E-state index is -0.863.